The average Bonchev–Trinajstić information content (AvgIpc) is 3.48. The Kier molecular flexibility index (Phi) is 7.25. The average molecular weight is 543 g/mol. The summed E-state index contributed by atoms with van der Waals surface area (Å²) in [4.78, 5) is 7.69. The van der Waals surface area contributed by atoms with Gasteiger partial charge < -0.3 is 26.2 Å². The fourth-order valence-electron chi connectivity index (χ4n) is 8.94. The fourth-order valence-corrected chi connectivity index (χ4v) is 8.94. The molecule has 2 bridgehead atoms. The van der Waals surface area contributed by atoms with Crippen molar-refractivity contribution in [2.75, 3.05) is 7.05 Å². The SMILES string of the molecule is C=C(Cc1cc2ccccc2[nH]1)[C@]12CC#C[C@H](NC(N)=NC)C[C@]3(O)CC[C@@H]([C@@H]3C1)[C@@](O)(C1CCCCC1)CC2. The first kappa shape index (κ1) is 27.4. The van der Waals surface area contributed by atoms with E-state index in [4.69, 9.17) is 12.3 Å². The molecule has 6 heteroatoms. The zero-order valence-corrected chi connectivity index (χ0v) is 24.0. The van der Waals surface area contributed by atoms with Crippen molar-refractivity contribution < 1.29 is 10.2 Å². The van der Waals surface area contributed by atoms with E-state index in [0.29, 0.717) is 31.1 Å². The molecule has 6 nitrogen and oxygen atoms in total. The van der Waals surface area contributed by atoms with Crippen molar-refractivity contribution >= 4 is 16.9 Å². The number of nitrogens with one attached hydrogen (secondary N) is 2. The lowest BCUT2D eigenvalue weighted by Crippen LogP contribution is -2.51. The number of aliphatic hydroxyl groups is 2. The molecule has 1 heterocycles. The summed E-state index contributed by atoms with van der Waals surface area (Å²) in [5, 5.41) is 29.6. The van der Waals surface area contributed by atoms with E-state index in [9.17, 15) is 10.2 Å². The van der Waals surface area contributed by atoms with Crippen molar-refractivity contribution in [2.24, 2.45) is 33.9 Å². The molecule has 1 aromatic carbocycles. The number of rotatable bonds is 5. The topological polar surface area (TPSA) is 107 Å². The molecule has 0 saturated heterocycles. The highest BCUT2D eigenvalue weighted by Gasteiger charge is 2.61. The van der Waals surface area contributed by atoms with E-state index in [0.717, 1.165) is 61.7 Å². The highest BCUT2D eigenvalue weighted by atomic mass is 16.3. The lowest BCUT2D eigenvalue weighted by Gasteiger charge is -2.45. The quantitative estimate of drug-likeness (QED) is 0.155. The van der Waals surface area contributed by atoms with Crippen molar-refractivity contribution in [1.29, 1.82) is 0 Å². The number of fused-ring (bicyclic) bond motifs is 2. The molecule has 1 aromatic heterocycles. The Balaban J connectivity index is 1.40. The highest BCUT2D eigenvalue weighted by Crippen LogP contribution is 2.61. The minimum atomic E-state index is -0.922. The number of nitrogens with two attached hydrogens (primary N) is 1. The maximum absolute atomic E-state index is 12.7. The summed E-state index contributed by atoms with van der Waals surface area (Å²) in [6.07, 6.45) is 11.7. The molecule has 3 fully saturated rings. The fraction of sp³-hybridized carbons (Fsp3) is 0.618. The third-order valence-electron chi connectivity index (χ3n) is 11.2. The maximum atomic E-state index is 12.7. The van der Waals surface area contributed by atoms with Gasteiger partial charge in [-0.15, -0.1) is 5.92 Å². The molecular formula is C34H46N4O2. The smallest absolute Gasteiger partial charge is 0.189 e. The molecule has 6 atom stereocenters. The maximum Gasteiger partial charge on any atom is 0.189 e. The Morgan fingerprint density at radius 1 is 1.10 bits per heavy atom. The normalized spacial score (nSPS) is 36.6. The number of aliphatic imine (C=N–C) groups is 1. The first-order chi connectivity index (χ1) is 19.2. The lowest BCUT2D eigenvalue weighted by molar-refractivity contribution is -0.113. The van der Waals surface area contributed by atoms with E-state index in [-0.39, 0.29) is 23.3 Å². The van der Waals surface area contributed by atoms with Crippen LogP contribution in [0.1, 0.15) is 82.7 Å². The van der Waals surface area contributed by atoms with Crippen molar-refractivity contribution in [1.82, 2.24) is 10.3 Å². The molecule has 4 aliphatic rings. The van der Waals surface area contributed by atoms with E-state index in [1.54, 1.807) is 7.05 Å². The second-order valence-corrected chi connectivity index (χ2v) is 13.3. The van der Waals surface area contributed by atoms with Gasteiger partial charge in [-0.25, -0.2) is 0 Å². The Bertz CT molecular complexity index is 1310. The first-order valence-corrected chi connectivity index (χ1v) is 15.4. The molecule has 6 N–H and O–H groups in total. The first-order valence-electron chi connectivity index (χ1n) is 15.4. The lowest BCUT2D eigenvalue weighted by atomic mass is 9.64. The number of nitrogens with zero attached hydrogens (tertiary/aromatic N) is 1. The summed E-state index contributed by atoms with van der Waals surface area (Å²) >= 11 is 0. The summed E-state index contributed by atoms with van der Waals surface area (Å²) in [7, 11) is 1.66. The highest BCUT2D eigenvalue weighted by molar-refractivity contribution is 5.80. The van der Waals surface area contributed by atoms with Crippen LogP contribution in [-0.2, 0) is 6.42 Å². The minimum absolute atomic E-state index is 0.0211. The van der Waals surface area contributed by atoms with Gasteiger partial charge in [0.05, 0.1) is 17.2 Å². The predicted octanol–water partition coefficient (Wildman–Crippen LogP) is 5.21. The number of hydrogen-bond donors (Lipinski definition) is 5. The van der Waals surface area contributed by atoms with Gasteiger partial charge >= 0.3 is 0 Å². The molecule has 3 saturated carbocycles. The Morgan fingerprint density at radius 3 is 2.67 bits per heavy atom. The molecule has 214 valence electrons. The minimum Gasteiger partial charge on any atom is -0.389 e. The monoisotopic (exact) mass is 542 g/mol. The summed E-state index contributed by atoms with van der Waals surface area (Å²) in [5.41, 5.74) is 7.58. The van der Waals surface area contributed by atoms with Crippen LogP contribution in [0.4, 0.5) is 0 Å². The van der Waals surface area contributed by atoms with Crippen molar-refractivity contribution in [3.05, 3.63) is 48.2 Å². The van der Waals surface area contributed by atoms with E-state index in [2.05, 4.69) is 57.5 Å². The van der Waals surface area contributed by atoms with Gasteiger partial charge in [0.15, 0.2) is 5.96 Å². The number of aromatic amines is 1. The molecule has 40 heavy (non-hydrogen) atoms. The van der Waals surface area contributed by atoms with Crippen molar-refractivity contribution in [2.45, 2.75) is 101 Å². The third kappa shape index (κ3) is 4.86. The number of allylic oxidation sites excluding steroid dienone is 1. The number of hydrogen-bond acceptors (Lipinski definition) is 3. The van der Waals surface area contributed by atoms with Crippen LogP contribution in [0.5, 0.6) is 0 Å². The number of aromatic nitrogens is 1. The molecule has 4 aliphatic carbocycles. The van der Waals surface area contributed by atoms with Gasteiger partial charge in [-0.1, -0.05) is 55.5 Å². The van der Waals surface area contributed by atoms with Gasteiger partial charge in [-0.2, -0.15) is 0 Å². The van der Waals surface area contributed by atoms with Crippen LogP contribution >= 0.6 is 0 Å². The van der Waals surface area contributed by atoms with Crippen LogP contribution < -0.4 is 11.1 Å². The van der Waals surface area contributed by atoms with E-state index in [1.165, 1.54) is 24.6 Å². The molecular weight excluding hydrogens is 496 g/mol. The zero-order chi connectivity index (χ0) is 28.0. The molecule has 0 aliphatic heterocycles. The second kappa shape index (κ2) is 10.6. The Hall–Kier alpha value is -2.75. The van der Waals surface area contributed by atoms with Crippen LogP contribution in [-0.4, -0.2) is 45.4 Å². The largest absolute Gasteiger partial charge is 0.389 e. The zero-order valence-electron chi connectivity index (χ0n) is 24.0. The second-order valence-electron chi connectivity index (χ2n) is 13.3. The number of para-hydroxylation sites is 1. The number of benzene rings is 1. The van der Waals surface area contributed by atoms with Crippen molar-refractivity contribution in [3.8, 4) is 11.8 Å². The van der Waals surface area contributed by atoms with E-state index in [1.807, 2.05) is 0 Å². The summed E-state index contributed by atoms with van der Waals surface area (Å²) < 4.78 is 0. The third-order valence-corrected chi connectivity index (χ3v) is 11.2. The van der Waals surface area contributed by atoms with Crippen molar-refractivity contribution in [3.63, 3.8) is 0 Å². The number of H-pyrrole nitrogens is 1. The van der Waals surface area contributed by atoms with Crippen LogP contribution in [0.3, 0.4) is 0 Å². The number of guanidine groups is 1. The molecule has 0 amide bonds. The summed E-state index contributed by atoms with van der Waals surface area (Å²) in [6.45, 7) is 4.73. The van der Waals surface area contributed by atoms with E-state index >= 15 is 0 Å². The van der Waals surface area contributed by atoms with Gasteiger partial charge in [0.1, 0.15) is 0 Å². The van der Waals surface area contributed by atoms with Gasteiger partial charge in [0.2, 0.25) is 0 Å². The van der Waals surface area contributed by atoms with Crippen LogP contribution in [0.15, 0.2) is 47.5 Å². The van der Waals surface area contributed by atoms with E-state index < -0.39 is 11.2 Å². The van der Waals surface area contributed by atoms with Crippen LogP contribution in [0, 0.1) is 35.0 Å². The summed E-state index contributed by atoms with van der Waals surface area (Å²) in [5.74, 6) is 7.65. The van der Waals surface area contributed by atoms with Gasteiger partial charge in [-0.05, 0) is 80.2 Å². The Morgan fingerprint density at radius 2 is 1.90 bits per heavy atom. The van der Waals surface area contributed by atoms with Gasteiger partial charge in [0.25, 0.3) is 0 Å². The van der Waals surface area contributed by atoms with Crippen LogP contribution in [0.2, 0.25) is 0 Å². The standard InChI is InChI=1S/C34H46N4O2/c1-23(19-27-20-24-9-6-7-13-30(24)37-27)32-15-8-12-26(38-31(35)36-2)21-33(39)16-14-28(29(33)22-32)34(40,18-17-32)25-10-4-3-5-11-25/h6-7,9,13,20,25-26,28-29,37,39-40H,1,3-5,10-11,14-19,21-22H2,2H3,(H3,35,36,38)/t26-,28-,29-,32-,33+,34-/m0/s1. The molecule has 0 unspecified atom stereocenters. The van der Waals surface area contributed by atoms with Gasteiger partial charge in [0, 0.05) is 42.9 Å². The van der Waals surface area contributed by atoms with Gasteiger partial charge in [-0.3, -0.25) is 4.99 Å². The molecule has 0 radical (unpaired) electrons. The predicted molar refractivity (Wildman–Crippen MR) is 162 cm³/mol. The molecule has 0 spiro atoms. The van der Waals surface area contributed by atoms with Crippen LogP contribution in [0.25, 0.3) is 10.9 Å². The Labute approximate surface area is 238 Å². The summed E-state index contributed by atoms with van der Waals surface area (Å²) in [6, 6.07) is 10.3. The molecule has 6 rings (SSSR count). The molecule has 2 aromatic rings.